The monoisotopic (exact) mass is 153 g/mol. The van der Waals surface area contributed by atoms with Crippen molar-refractivity contribution in [3.63, 3.8) is 0 Å². The maximum Gasteiger partial charge on any atom is 0.277 e. The van der Waals surface area contributed by atoms with E-state index in [1.165, 1.54) is 0 Å². The smallest absolute Gasteiger partial charge is 0.277 e. The molecule has 11 heavy (non-hydrogen) atoms. The summed E-state index contributed by atoms with van der Waals surface area (Å²) in [6.07, 6.45) is 0. The molecular formula is C6H11N5. The lowest BCUT2D eigenvalue weighted by molar-refractivity contribution is 0.354. The van der Waals surface area contributed by atoms with E-state index in [4.69, 9.17) is 12.3 Å². The van der Waals surface area contributed by atoms with Crippen LogP contribution in [0.2, 0.25) is 0 Å². The molecule has 0 aliphatic carbocycles. The van der Waals surface area contributed by atoms with E-state index in [-0.39, 0.29) is 0 Å². The summed E-state index contributed by atoms with van der Waals surface area (Å²) in [4.78, 5) is 4.76. The fraction of sp³-hybridized carbons (Fsp3) is 0.667. The molecule has 1 aliphatic rings. The van der Waals surface area contributed by atoms with E-state index >= 15 is 0 Å². The van der Waals surface area contributed by atoms with Gasteiger partial charge in [-0.15, -0.1) is 4.95 Å². The summed E-state index contributed by atoms with van der Waals surface area (Å²) in [5, 5.41) is 6.61. The number of hydrogen-bond donors (Lipinski definition) is 2. The predicted octanol–water partition coefficient (Wildman–Crippen LogP) is -0.959. The summed E-state index contributed by atoms with van der Waals surface area (Å²) in [6, 6.07) is 0. The van der Waals surface area contributed by atoms with Crippen LogP contribution in [0.15, 0.2) is 5.10 Å². The second-order valence-electron chi connectivity index (χ2n) is 2.30. The third-order valence-corrected chi connectivity index (χ3v) is 1.59. The fourth-order valence-electron chi connectivity index (χ4n) is 1.01. The minimum absolute atomic E-state index is 0.335. The van der Waals surface area contributed by atoms with Gasteiger partial charge in [0.15, 0.2) is 0 Å². The van der Waals surface area contributed by atoms with Crippen molar-refractivity contribution in [1.82, 2.24) is 10.2 Å². The molecular weight excluding hydrogens is 142 g/mol. The molecule has 0 aromatic rings. The number of piperazine rings is 1. The van der Waals surface area contributed by atoms with E-state index in [0.717, 1.165) is 26.2 Å². The highest BCUT2D eigenvalue weighted by Crippen LogP contribution is 1.91. The Morgan fingerprint density at radius 2 is 2.18 bits per heavy atom. The molecule has 0 atom stereocenters. The van der Waals surface area contributed by atoms with Gasteiger partial charge in [-0.05, 0) is 0 Å². The van der Waals surface area contributed by atoms with Crippen molar-refractivity contribution in [3.8, 4) is 0 Å². The van der Waals surface area contributed by atoms with Gasteiger partial charge in [-0.25, -0.2) is 0 Å². The van der Waals surface area contributed by atoms with Gasteiger partial charge in [0.2, 0.25) is 0 Å². The summed E-state index contributed by atoms with van der Waals surface area (Å²) in [5.41, 5.74) is 5.49. The Morgan fingerprint density at radius 3 is 2.73 bits per heavy atom. The van der Waals surface area contributed by atoms with Gasteiger partial charge >= 0.3 is 0 Å². The molecule has 1 fully saturated rings. The lowest BCUT2D eigenvalue weighted by atomic mass is 10.4. The topological polar surface area (TPSA) is 58.0 Å². The Hall–Kier alpha value is -1.28. The minimum Gasteiger partial charge on any atom is -0.364 e. The van der Waals surface area contributed by atoms with Crippen LogP contribution in [-0.2, 0) is 0 Å². The number of guanidine groups is 1. The average molecular weight is 153 g/mol. The van der Waals surface area contributed by atoms with Crippen molar-refractivity contribution < 1.29 is 0 Å². The van der Waals surface area contributed by atoms with E-state index in [1.807, 2.05) is 4.90 Å². The third-order valence-electron chi connectivity index (χ3n) is 1.59. The van der Waals surface area contributed by atoms with E-state index in [1.54, 1.807) is 0 Å². The maximum absolute atomic E-state index is 6.47. The van der Waals surface area contributed by atoms with Crippen molar-refractivity contribution in [2.75, 3.05) is 26.2 Å². The fourth-order valence-corrected chi connectivity index (χ4v) is 1.01. The van der Waals surface area contributed by atoms with Crippen LogP contribution in [0.4, 0.5) is 0 Å². The second-order valence-corrected chi connectivity index (χ2v) is 2.30. The summed E-state index contributed by atoms with van der Waals surface area (Å²) in [6.45, 7) is 9.97. The number of nitrogens with zero attached hydrogens (tertiary/aromatic N) is 3. The van der Waals surface area contributed by atoms with Crippen LogP contribution in [0, 0.1) is 6.57 Å². The van der Waals surface area contributed by atoms with Gasteiger partial charge in [0.1, 0.15) is 5.10 Å². The molecule has 1 aliphatic heterocycles. The molecule has 60 valence electrons. The van der Waals surface area contributed by atoms with Crippen molar-refractivity contribution in [3.05, 3.63) is 11.5 Å². The van der Waals surface area contributed by atoms with E-state index in [2.05, 4.69) is 15.4 Å². The Bertz CT molecular complexity index is 186. The standard InChI is InChI=1S/C6H11N5/c1-8-10-6(7)11-4-2-9-3-5-11/h9H,2-5H2,(H2,7,10). The molecule has 1 saturated heterocycles. The zero-order valence-electron chi connectivity index (χ0n) is 6.25. The number of nitrogens with two attached hydrogens (primary N) is 1. The molecule has 0 saturated carbocycles. The largest absolute Gasteiger partial charge is 0.364 e. The highest BCUT2D eigenvalue weighted by molar-refractivity contribution is 5.78. The van der Waals surface area contributed by atoms with E-state index in [9.17, 15) is 0 Å². The molecule has 0 unspecified atom stereocenters. The SMILES string of the molecule is [C-]#[N+]N=C(N)N1CCNCC1. The minimum atomic E-state index is 0.335. The molecule has 1 rings (SSSR count). The molecule has 0 bridgehead atoms. The van der Waals surface area contributed by atoms with Gasteiger partial charge in [0.05, 0.1) is 0 Å². The number of rotatable bonds is 0. The zero-order chi connectivity index (χ0) is 8.10. The van der Waals surface area contributed by atoms with Crippen molar-refractivity contribution in [1.29, 1.82) is 0 Å². The van der Waals surface area contributed by atoms with Crippen molar-refractivity contribution >= 4 is 5.96 Å². The van der Waals surface area contributed by atoms with Gasteiger partial charge in [-0.1, -0.05) is 0 Å². The van der Waals surface area contributed by atoms with Crippen LogP contribution in [0.25, 0.3) is 4.95 Å². The van der Waals surface area contributed by atoms with Crippen LogP contribution in [0.1, 0.15) is 0 Å². The second kappa shape index (κ2) is 3.78. The molecule has 3 N–H and O–H groups in total. The third kappa shape index (κ3) is 2.09. The summed E-state index contributed by atoms with van der Waals surface area (Å²) < 4.78 is 0. The average Bonchev–Trinajstić information content (AvgIpc) is 2.07. The summed E-state index contributed by atoms with van der Waals surface area (Å²) >= 11 is 0. The Kier molecular flexibility index (Phi) is 2.69. The summed E-state index contributed by atoms with van der Waals surface area (Å²) in [5.74, 6) is 0.335. The van der Waals surface area contributed by atoms with Gasteiger partial charge in [-0.2, -0.15) is 6.57 Å². The quantitative estimate of drug-likeness (QED) is 0.204. The lowest BCUT2D eigenvalue weighted by Crippen LogP contribution is -2.49. The highest BCUT2D eigenvalue weighted by atomic mass is 15.3. The Balaban J connectivity index is 2.46. The summed E-state index contributed by atoms with van der Waals surface area (Å²) in [7, 11) is 0. The van der Waals surface area contributed by atoms with Crippen LogP contribution in [0.3, 0.4) is 0 Å². The first kappa shape index (κ1) is 7.82. The molecule has 0 aromatic carbocycles. The first-order valence-electron chi connectivity index (χ1n) is 3.50. The Labute approximate surface area is 65.7 Å². The normalized spacial score (nSPS) is 19.5. The van der Waals surface area contributed by atoms with Crippen LogP contribution in [0.5, 0.6) is 0 Å². The molecule has 0 amide bonds. The maximum atomic E-state index is 6.47. The van der Waals surface area contributed by atoms with Crippen molar-refractivity contribution in [2.24, 2.45) is 10.8 Å². The molecule has 0 aromatic heterocycles. The van der Waals surface area contributed by atoms with Crippen LogP contribution in [-0.4, -0.2) is 37.0 Å². The predicted molar refractivity (Wildman–Crippen MR) is 42.7 cm³/mol. The molecule has 1 heterocycles. The van der Waals surface area contributed by atoms with E-state index in [0.29, 0.717) is 5.96 Å². The van der Waals surface area contributed by atoms with Crippen LogP contribution >= 0.6 is 0 Å². The van der Waals surface area contributed by atoms with Gasteiger partial charge in [0.25, 0.3) is 5.96 Å². The first-order valence-corrected chi connectivity index (χ1v) is 3.50. The number of nitrogens with one attached hydrogen (secondary N) is 1. The van der Waals surface area contributed by atoms with E-state index < -0.39 is 0 Å². The molecule has 0 spiro atoms. The zero-order valence-corrected chi connectivity index (χ0v) is 6.25. The Morgan fingerprint density at radius 1 is 1.55 bits per heavy atom. The van der Waals surface area contributed by atoms with Gasteiger partial charge in [0, 0.05) is 26.2 Å². The van der Waals surface area contributed by atoms with Crippen LogP contribution < -0.4 is 11.1 Å². The van der Waals surface area contributed by atoms with Gasteiger partial charge in [-0.3, -0.25) is 0 Å². The molecule has 5 heteroatoms. The van der Waals surface area contributed by atoms with Crippen molar-refractivity contribution in [2.45, 2.75) is 0 Å². The van der Waals surface area contributed by atoms with Gasteiger partial charge < -0.3 is 16.0 Å². The lowest BCUT2D eigenvalue weighted by Gasteiger charge is -2.26. The molecule has 5 nitrogen and oxygen atoms in total. The highest BCUT2D eigenvalue weighted by Gasteiger charge is 2.12. The number of hydrogen-bond acceptors (Lipinski definition) is 2. The molecule has 0 radical (unpaired) electrons. The first-order chi connectivity index (χ1) is 5.34.